The van der Waals surface area contributed by atoms with Crippen LogP contribution in [0.5, 0.6) is 11.5 Å². The summed E-state index contributed by atoms with van der Waals surface area (Å²) in [5.41, 5.74) is 0. The van der Waals surface area contributed by atoms with E-state index in [0.717, 1.165) is 25.9 Å². The van der Waals surface area contributed by atoms with Gasteiger partial charge in [0.15, 0.2) is 0 Å². The Balaban J connectivity index is 1.75. The van der Waals surface area contributed by atoms with Crippen molar-refractivity contribution in [2.45, 2.75) is 17.7 Å². The predicted octanol–water partition coefficient (Wildman–Crippen LogP) is 3.49. The van der Waals surface area contributed by atoms with Gasteiger partial charge in [0.2, 0.25) is 0 Å². The first-order valence-electron chi connectivity index (χ1n) is 8.18. The molecule has 1 aliphatic heterocycles. The quantitative estimate of drug-likeness (QED) is 0.776. The van der Waals surface area contributed by atoms with Crippen molar-refractivity contribution in [2.24, 2.45) is 5.92 Å². The Morgan fingerprint density at radius 2 is 1.92 bits per heavy atom. The van der Waals surface area contributed by atoms with Crippen LogP contribution in [0.4, 0.5) is 0 Å². The summed E-state index contributed by atoms with van der Waals surface area (Å²) in [6.07, 6.45) is 2.20. The summed E-state index contributed by atoms with van der Waals surface area (Å²) in [6.45, 7) is 2.42. The molecule has 0 amide bonds. The largest absolute Gasteiger partial charge is 0.492 e. The fourth-order valence-electron chi connectivity index (χ4n) is 2.72. The Morgan fingerprint density at radius 3 is 2.64 bits per heavy atom. The molecule has 1 aliphatic rings. The van der Waals surface area contributed by atoms with Crippen molar-refractivity contribution < 1.29 is 17.3 Å². The number of hydrogen-bond donors (Lipinski definition) is 1. The van der Waals surface area contributed by atoms with Crippen LogP contribution >= 0.6 is 11.6 Å². The maximum atomic E-state index is 12.5. The zero-order valence-electron chi connectivity index (χ0n) is 13.7. The summed E-state index contributed by atoms with van der Waals surface area (Å²) in [4.78, 5) is -0.0997. The monoisotopic (exact) mass is 381 g/mol. The smallest absolute Gasteiger partial charge is 0.340 e. The van der Waals surface area contributed by atoms with Crippen molar-refractivity contribution in [3.8, 4) is 11.5 Å². The van der Waals surface area contributed by atoms with Crippen molar-refractivity contribution in [3.63, 3.8) is 0 Å². The van der Waals surface area contributed by atoms with E-state index in [1.165, 1.54) is 6.07 Å². The summed E-state index contributed by atoms with van der Waals surface area (Å²) in [7, 11) is -4.03. The normalized spacial score (nSPS) is 17.9. The number of hydrogen-bond acceptors (Lipinski definition) is 5. The molecule has 0 aromatic heterocycles. The zero-order chi connectivity index (χ0) is 17.7. The Bertz CT molecular complexity index is 805. The molecule has 1 atom stereocenters. The van der Waals surface area contributed by atoms with Gasteiger partial charge < -0.3 is 14.2 Å². The van der Waals surface area contributed by atoms with Crippen LogP contribution in [0.25, 0.3) is 0 Å². The fourth-order valence-corrected chi connectivity index (χ4v) is 4.20. The van der Waals surface area contributed by atoms with Gasteiger partial charge in [0.25, 0.3) is 0 Å². The molecule has 2 aromatic rings. The van der Waals surface area contributed by atoms with E-state index in [0.29, 0.717) is 18.3 Å². The van der Waals surface area contributed by atoms with Gasteiger partial charge in [-0.2, -0.15) is 8.42 Å². The maximum absolute atomic E-state index is 12.5. The minimum Gasteiger partial charge on any atom is -0.492 e. The Kier molecular flexibility index (Phi) is 5.83. The highest BCUT2D eigenvalue weighted by Crippen LogP contribution is 2.33. The number of piperidine rings is 1. The average Bonchev–Trinajstić information content (AvgIpc) is 2.62. The summed E-state index contributed by atoms with van der Waals surface area (Å²) in [6, 6.07) is 13.0. The molecule has 5 nitrogen and oxygen atoms in total. The molecule has 25 heavy (non-hydrogen) atoms. The van der Waals surface area contributed by atoms with Crippen LogP contribution < -0.4 is 14.2 Å². The Labute approximate surface area is 153 Å². The van der Waals surface area contributed by atoms with Crippen molar-refractivity contribution >= 4 is 21.7 Å². The zero-order valence-corrected chi connectivity index (χ0v) is 15.2. The number of halogens is 1. The molecule has 1 N–H and O–H groups in total. The molecule has 1 fully saturated rings. The Hall–Kier alpha value is -1.76. The first-order valence-corrected chi connectivity index (χ1v) is 9.96. The van der Waals surface area contributed by atoms with Crippen LogP contribution in [-0.4, -0.2) is 28.1 Å². The molecule has 0 spiro atoms. The van der Waals surface area contributed by atoms with Crippen LogP contribution in [0, 0.1) is 5.92 Å². The molecule has 7 heteroatoms. The SMILES string of the molecule is O=S(=O)(Oc1ccccc1)c1cccc(OCC2CCCNC2)c1Cl. The number of para-hydroxylation sites is 1. The second-order valence-corrected chi connectivity index (χ2v) is 7.83. The number of nitrogens with one attached hydrogen (secondary N) is 1. The number of rotatable bonds is 6. The van der Waals surface area contributed by atoms with Crippen molar-refractivity contribution in [3.05, 3.63) is 53.6 Å². The first-order chi connectivity index (χ1) is 12.1. The van der Waals surface area contributed by atoms with E-state index in [2.05, 4.69) is 5.32 Å². The minimum atomic E-state index is -4.03. The standard InChI is InChI=1S/C18H20ClNO4S/c19-18-16(23-13-14-6-5-11-20-12-14)9-4-10-17(18)25(21,22)24-15-7-2-1-3-8-15/h1-4,7-10,14,20H,5-6,11-13H2. The number of benzene rings is 2. The van der Waals surface area contributed by atoms with Crippen LogP contribution in [-0.2, 0) is 10.1 Å². The van der Waals surface area contributed by atoms with E-state index < -0.39 is 10.1 Å². The van der Waals surface area contributed by atoms with Crippen LogP contribution in [0.15, 0.2) is 53.4 Å². The summed E-state index contributed by atoms with van der Waals surface area (Å²) < 4.78 is 35.9. The van der Waals surface area contributed by atoms with E-state index in [1.54, 1.807) is 42.5 Å². The average molecular weight is 382 g/mol. The molecule has 0 bridgehead atoms. The van der Waals surface area contributed by atoms with E-state index in [-0.39, 0.29) is 15.7 Å². The molecule has 0 radical (unpaired) electrons. The van der Waals surface area contributed by atoms with E-state index in [1.807, 2.05) is 0 Å². The van der Waals surface area contributed by atoms with Gasteiger partial charge >= 0.3 is 10.1 Å². The first kappa shape index (κ1) is 18.0. The van der Waals surface area contributed by atoms with E-state index in [9.17, 15) is 8.42 Å². The van der Waals surface area contributed by atoms with Gasteiger partial charge in [-0.05, 0) is 43.7 Å². The molecule has 1 heterocycles. The molecular formula is C18H20ClNO4S. The lowest BCUT2D eigenvalue weighted by atomic mass is 10.0. The lowest BCUT2D eigenvalue weighted by Gasteiger charge is -2.23. The number of ether oxygens (including phenoxy) is 1. The van der Waals surface area contributed by atoms with E-state index >= 15 is 0 Å². The molecule has 0 saturated carbocycles. The maximum Gasteiger partial charge on any atom is 0.340 e. The van der Waals surface area contributed by atoms with Gasteiger partial charge in [0.1, 0.15) is 21.4 Å². The second-order valence-electron chi connectivity index (χ2n) is 5.94. The van der Waals surface area contributed by atoms with Gasteiger partial charge in [0.05, 0.1) is 6.61 Å². The highest BCUT2D eigenvalue weighted by Gasteiger charge is 2.23. The van der Waals surface area contributed by atoms with Gasteiger partial charge in [-0.3, -0.25) is 0 Å². The van der Waals surface area contributed by atoms with Gasteiger partial charge in [-0.15, -0.1) is 0 Å². The van der Waals surface area contributed by atoms with Crippen LogP contribution in [0.2, 0.25) is 5.02 Å². The van der Waals surface area contributed by atoms with Crippen molar-refractivity contribution in [1.82, 2.24) is 5.32 Å². The van der Waals surface area contributed by atoms with Crippen LogP contribution in [0.3, 0.4) is 0 Å². The second kappa shape index (κ2) is 8.08. The fraction of sp³-hybridized carbons (Fsp3) is 0.333. The molecule has 1 saturated heterocycles. The molecule has 3 rings (SSSR count). The molecule has 134 valence electrons. The van der Waals surface area contributed by atoms with Gasteiger partial charge in [-0.1, -0.05) is 35.9 Å². The highest BCUT2D eigenvalue weighted by atomic mass is 35.5. The summed E-state index contributed by atoms with van der Waals surface area (Å²) >= 11 is 6.28. The summed E-state index contributed by atoms with van der Waals surface area (Å²) in [5, 5.41) is 3.36. The van der Waals surface area contributed by atoms with Gasteiger partial charge in [-0.25, -0.2) is 0 Å². The summed E-state index contributed by atoms with van der Waals surface area (Å²) in [5.74, 6) is 0.980. The van der Waals surface area contributed by atoms with Crippen molar-refractivity contribution in [2.75, 3.05) is 19.7 Å². The highest BCUT2D eigenvalue weighted by molar-refractivity contribution is 7.87. The molecule has 0 aliphatic carbocycles. The third-order valence-corrected chi connectivity index (χ3v) is 5.81. The lowest BCUT2D eigenvalue weighted by molar-refractivity contribution is 0.218. The Morgan fingerprint density at radius 1 is 1.12 bits per heavy atom. The van der Waals surface area contributed by atoms with Crippen molar-refractivity contribution in [1.29, 1.82) is 0 Å². The minimum absolute atomic E-state index is 0.0437. The predicted molar refractivity (Wildman–Crippen MR) is 96.8 cm³/mol. The van der Waals surface area contributed by atoms with E-state index in [4.69, 9.17) is 20.5 Å². The molecule has 1 unspecified atom stereocenters. The van der Waals surface area contributed by atoms with Crippen LogP contribution in [0.1, 0.15) is 12.8 Å². The molecular weight excluding hydrogens is 362 g/mol. The lowest BCUT2D eigenvalue weighted by Crippen LogP contribution is -2.33. The third kappa shape index (κ3) is 4.66. The third-order valence-electron chi connectivity index (χ3n) is 4.02. The van der Waals surface area contributed by atoms with Gasteiger partial charge in [0, 0.05) is 12.5 Å². The topological polar surface area (TPSA) is 64.6 Å². The molecule has 2 aromatic carbocycles.